The van der Waals surface area contributed by atoms with Gasteiger partial charge >= 0.3 is 0 Å². The summed E-state index contributed by atoms with van der Waals surface area (Å²) in [6, 6.07) is 1.25. The fraction of sp³-hybridized carbons (Fsp3) is 0.333. The van der Waals surface area contributed by atoms with Crippen molar-refractivity contribution in [3.63, 3.8) is 0 Å². The lowest BCUT2D eigenvalue weighted by Gasteiger charge is -2.05. The van der Waals surface area contributed by atoms with Crippen molar-refractivity contribution in [2.75, 3.05) is 13.2 Å². The third kappa shape index (κ3) is 2.71. The molecule has 2 nitrogen and oxygen atoms in total. The van der Waals surface area contributed by atoms with Gasteiger partial charge in [-0.1, -0.05) is 0 Å². The highest BCUT2D eigenvalue weighted by atomic mass is 19.1. The molecule has 0 spiro atoms. The molecule has 1 rings (SSSR count). The number of halogens is 3. The van der Waals surface area contributed by atoms with Crippen LogP contribution < -0.4 is 5.32 Å². The number of nitrogens with one attached hydrogen (secondary N) is 1. The Morgan fingerprint density at radius 1 is 1.14 bits per heavy atom. The van der Waals surface area contributed by atoms with Crippen molar-refractivity contribution in [3.05, 3.63) is 35.1 Å². The van der Waals surface area contributed by atoms with E-state index in [0.29, 0.717) is 12.1 Å². The summed E-state index contributed by atoms with van der Waals surface area (Å²) in [5.74, 6) is -2.79. The lowest BCUT2D eigenvalue weighted by atomic mass is 10.2. The minimum Gasteiger partial charge on any atom is -0.395 e. The van der Waals surface area contributed by atoms with Gasteiger partial charge in [0.25, 0.3) is 0 Å². The Bertz CT molecular complexity index is 294. The van der Waals surface area contributed by atoms with Crippen LogP contribution in [0.5, 0.6) is 0 Å². The van der Waals surface area contributed by atoms with Crippen molar-refractivity contribution in [2.24, 2.45) is 0 Å². The van der Waals surface area contributed by atoms with Gasteiger partial charge < -0.3 is 10.4 Å². The van der Waals surface area contributed by atoms with Gasteiger partial charge in [-0.2, -0.15) is 0 Å². The second kappa shape index (κ2) is 4.97. The van der Waals surface area contributed by atoms with Crippen LogP contribution in [0.2, 0.25) is 0 Å². The first kappa shape index (κ1) is 11.0. The smallest absolute Gasteiger partial charge is 0.133 e. The maximum atomic E-state index is 13.0. The van der Waals surface area contributed by atoms with Gasteiger partial charge in [0.15, 0.2) is 0 Å². The van der Waals surface area contributed by atoms with Crippen LogP contribution in [0.3, 0.4) is 0 Å². The molecule has 0 saturated carbocycles. The van der Waals surface area contributed by atoms with Gasteiger partial charge in [0.1, 0.15) is 17.5 Å². The van der Waals surface area contributed by atoms with Gasteiger partial charge in [0, 0.05) is 30.8 Å². The number of aliphatic hydroxyl groups is 1. The minimum absolute atomic E-state index is 0.0709. The minimum atomic E-state index is -0.939. The number of hydrogen-bond acceptors (Lipinski definition) is 2. The first-order valence-corrected chi connectivity index (χ1v) is 4.10. The van der Waals surface area contributed by atoms with E-state index in [0.717, 1.165) is 0 Å². The molecule has 0 aliphatic carbocycles. The lowest BCUT2D eigenvalue weighted by Crippen LogP contribution is -2.19. The predicted octanol–water partition coefficient (Wildman–Crippen LogP) is 1.19. The van der Waals surface area contributed by atoms with Gasteiger partial charge in [-0.25, -0.2) is 13.2 Å². The van der Waals surface area contributed by atoms with Crippen molar-refractivity contribution in [1.29, 1.82) is 0 Å². The Hall–Kier alpha value is -1.07. The fourth-order valence-electron chi connectivity index (χ4n) is 1.03. The number of hydrogen-bond donors (Lipinski definition) is 2. The third-order valence-electron chi connectivity index (χ3n) is 1.70. The molecule has 0 heterocycles. The summed E-state index contributed by atoms with van der Waals surface area (Å²) in [6.07, 6.45) is 0. The third-order valence-corrected chi connectivity index (χ3v) is 1.70. The number of benzene rings is 1. The van der Waals surface area contributed by atoms with Gasteiger partial charge in [-0.15, -0.1) is 0 Å². The molecule has 0 fully saturated rings. The standard InChI is InChI=1S/C9H10F3NO/c10-6-3-8(11)7(9(12)4-6)5-13-1-2-14/h3-4,13-14H,1-2,5H2. The van der Waals surface area contributed by atoms with E-state index in [1.807, 2.05) is 0 Å². The fourth-order valence-corrected chi connectivity index (χ4v) is 1.03. The molecule has 0 aliphatic heterocycles. The maximum absolute atomic E-state index is 13.0. The second-order valence-electron chi connectivity index (χ2n) is 2.75. The van der Waals surface area contributed by atoms with E-state index < -0.39 is 17.5 Å². The van der Waals surface area contributed by atoms with Crippen LogP contribution in [0.25, 0.3) is 0 Å². The van der Waals surface area contributed by atoms with E-state index in [4.69, 9.17) is 5.11 Å². The van der Waals surface area contributed by atoms with Crippen LogP contribution in [-0.2, 0) is 6.54 Å². The van der Waals surface area contributed by atoms with Crippen molar-refractivity contribution >= 4 is 0 Å². The molecule has 5 heteroatoms. The summed E-state index contributed by atoms with van der Waals surface area (Å²) >= 11 is 0. The molecule has 2 N–H and O–H groups in total. The molecule has 0 saturated heterocycles. The molecule has 14 heavy (non-hydrogen) atoms. The molecular weight excluding hydrogens is 195 g/mol. The average molecular weight is 205 g/mol. The second-order valence-corrected chi connectivity index (χ2v) is 2.75. The predicted molar refractivity (Wildman–Crippen MR) is 45.1 cm³/mol. The quantitative estimate of drug-likeness (QED) is 0.723. The summed E-state index contributed by atoms with van der Waals surface area (Å²) in [6.45, 7) is 0.0409. The maximum Gasteiger partial charge on any atom is 0.133 e. The lowest BCUT2D eigenvalue weighted by molar-refractivity contribution is 0.291. The molecule has 1 aromatic rings. The zero-order chi connectivity index (χ0) is 10.6. The van der Waals surface area contributed by atoms with Crippen LogP contribution in [0.1, 0.15) is 5.56 Å². The highest BCUT2D eigenvalue weighted by molar-refractivity contribution is 5.20. The van der Waals surface area contributed by atoms with E-state index in [-0.39, 0.29) is 25.3 Å². The first-order chi connectivity index (χ1) is 6.65. The Morgan fingerprint density at radius 2 is 1.71 bits per heavy atom. The Balaban J connectivity index is 2.75. The highest BCUT2D eigenvalue weighted by Gasteiger charge is 2.10. The molecule has 0 aliphatic rings. The van der Waals surface area contributed by atoms with E-state index in [1.165, 1.54) is 0 Å². The Morgan fingerprint density at radius 3 is 2.21 bits per heavy atom. The molecule has 0 bridgehead atoms. The molecule has 78 valence electrons. The summed E-state index contributed by atoms with van der Waals surface area (Å²) in [7, 11) is 0. The van der Waals surface area contributed by atoms with Crippen LogP contribution in [0, 0.1) is 17.5 Å². The van der Waals surface area contributed by atoms with Crippen LogP contribution in [0.4, 0.5) is 13.2 Å². The molecule has 0 radical (unpaired) electrons. The summed E-state index contributed by atoms with van der Waals surface area (Å²) in [5, 5.41) is 11.0. The monoisotopic (exact) mass is 205 g/mol. The van der Waals surface area contributed by atoms with Crippen molar-refractivity contribution in [3.8, 4) is 0 Å². The van der Waals surface area contributed by atoms with Gasteiger partial charge in [-0.05, 0) is 0 Å². The SMILES string of the molecule is OCCNCc1c(F)cc(F)cc1F. The van der Waals surface area contributed by atoms with Gasteiger partial charge in [0.2, 0.25) is 0 Å². The van der Waals surface area contributed by atoms with Crippen LogP contribution in [-0.4, -0.2) is 18.3 Å². The average Bonchev–Trinajstić information content (AvgIpc) is 2.09. The summed E-state index contributed by atoms with van der Waals surface area (Å²) in [5.41, 5.74) is -0.222. The van der Waals surface area contributed by atoms with E-state index in [9.17, 15) is 13.2 Å². The summed E-state index contributed by atoms with van der Waals surface area (Å²) < 4.78 is 38.4. The number of aliphatic hydroxyl groups excluding tert-OH is 1. The molecule has 1 aromatic carbocycles. The molecule has 0 amide bonds. The van der Waals surface area contributed by atoms with Crippen LogP contribution in [0.15, 0.2) is 12.1 Å². The molecular formula is C9H10F3NO. The normalized spacial score (nSPS) is 10.6. The van der Waals surface area contributed by atoms with Gasteiger partial charge in [-0.3, -0.25) is 0 Å². The highest BCUT2D eigenvalue weighted by Crippen LogP contribution is 2.14. The largest absolute Gasteiger partial charge is 0.395 e. The van der Waals surface area contributed by atoms with E-state index in [1.54, 1.807) is 0 Å². The number of rotatable bonds is 4. The topological polar surface area (TPSA) is 32.3 Å². The molecule has 0 aromatic heterocycles. The zero-order valence-electron chi connectivity index (χ0n) is 7.36. The Labute approximate surface area is 79.4 Å². The van der Waals surface area contributed by atoms with Crippen molar-refractivity contribution in [1.82, 2.24) is 5.32 Å². The summed E-state index contributed by atoms with van der Waals surface area (Å²) in [4.78, 5) is 0. The first-order valence-electron chi connectivity index (χ1n) is 4.10. The van der Waals surface area contributed by atoms with Crippen LogP contribution >= 0.6 is 0 Å². The van der Waals surface area contributed by atoms with E-state index >= 15 is 0 Å². The van der Waals surface area contributed by atoms with E-state index in [2.05, 4.69) is 5.32 Å². The molecule has 0 atom stereocenters. The zero-order valence-corrected chi connectivity index (χ0v) is 7.36. The van der Waals surface area contributed by atoms with Crippen molar-refractivity contribution in [2.45, 2.75) is 6.54 Å². The van der Waals surface area contributed by atoms with Crippen molar-refractivity contribution < 1.29 is 18.3 Å². The Kier molecular flexibility index (Phi) is 3.91. The van der Waals surface area contributed by atoms with Gasteiger partial charge in [0.05, 0.1) is 6.61 Å². The molecule has 0 unspecified atom stereocenters.